The summed E-state index contributed by atoms with van der Waals surface area (Å²) in [5.41, 5.74) is -0.327. The maximum absolute atomic E-state index is 13.1. The standard InChI is InChI=1S/C34H37NO6/c1-25-19-13-8-4-5-9-16-22-27(26-20-14-12-15-21-26)35-28(36)23-17-10-6-7-11-18-24-34(2)29(33(39)41-25)30(37)31(40-3)32(34)38/h4-21,23-24,27,31-32,37-38H,22H2,1-3H3,(H,35,36)/b5-4+,10-6+,11-7-,13-8+,16-9+,23-17+,24-18+,25-19+. The molecule has 3 rings (SSSR count). The lowest BCUT2D eigenvalue weighted by molar-refractivity contribution is -0.136. The highest BCUT2D eigenvalue weighted by Gasteiger charge is 2.53. The SMILES string of the molecule is COC1C(O)=C2C(=O)O/C(C)=C/C=C/C=C/C=C/CC(c3ccccc3)NC(=O)/C=C/C=C/C=C\C=C\C2(C)C1O. The lowest BCUT2D eigenvalue weighted by atomic mass is 9.80. The Morgan fingerprint density at radius 2 is 1.56 bits per heavy atom. The summed E-state index contributed by atoms with van der Waals surface area (Å²) in [5.74, 6) is -1.04. The van der Waals surface area contributed by atoms with Crippen molar-refractivity contribution in [3.8, 4) is 0 Å². The van der Waals surface area contributed by atoms with E-state index >= 15 is 0 Å². The van der Waals surface area contributed by atoms with Gasteiger partial charge in [-0.3, -0.25) is 4.79 Å². The maximum Gasteiger partial charge on any atom is 0.343 e. The number of methoxy groups -OCH3 is 1. The number of allylic oxidation sites excluding steroid dienone is 13. The van der Waals surface area contributed by atoms with E-state index in [0.717, 1.165) is 5.56 Å². The van der Waals surface area contributed by atoms with Crippen molar-refractivity contribution in [3.05, 3.63) is 144 Å². The molecule has 1 aliphatic heterocycles. The summed E-state index contributed by atoms with van der Waals surface area (Å²) in [6.07, 6.45) is 24.3. The van der Waals surface area contributed by atoms with E-state index in [1.807, 2.05) is 54.6 Å². The Morgan fingerprint density at radius 3 is 2.27 bits per heavy atom. The molecule has 1 aromatic carbocycles. The van der Waals surface area contributed by atoms with Crippen molar-refractivity contribution >= 4 is 11.9 Å². The molecule has 0 saturated heterocycles. The predicted molar refractivity (Wildman–Crippen MR) is 160 cm³/mol. The monoisotopic (exact) mass is 555 g/mol. The van der Waals surface area contributed by atoms with Crippen molar-refractivity contribution in [2.45, 2.75) is 38.5 Å². The van der Waals surface area contributed by atoms with E-state index in [2.05, 4.69) is 5.32 Å². The van der Waals surface area contributed by atoms with Crippen molar-refractivity contribution < 1.29 is 29.3 Å². The minimum Gasteiger partial charge on any atom is -0.509 e. The first kappa shape index (κ1) is 31.1. The smallest absolute Gasteiger partial charge is 0.343 e. The van der Waals surface area contributed by atoms with Crippen LogP contribution in [0.4, 0.5) is 0 Å². The highest BCUT2D eigenvalue weighted by Crippen LogP contribution is 2.45. The first-order valence-corrected chi connectivity index (χ1v) is 13.4. The number of carbonyl (C=O) groups excluding carboxylic acids is 2. The molecule has 0 aromatic heterocycles. The largest absolute Gasteiger partial charge is 0.509 e. The number of nitrogens with one attached hydrogen (secondary N) is 1. The average Bonchev–Trinajstić information content (AvgIpc) is 3.14. The lowest BCUT2D eigenvalue weighted by Gasteiger charge is -2.28. The van der Waals surface area contributed by atoms with Crippen LogP contribution in [0.15, 0.2) is 139 Å². The van der Waals surface area contributed by atoms with Crippen molar-refractivity contribution in [1.82, 2.24) is 5.32 Å². The molecule has 1 aromatic rings. The van der Waals surface area contributed by atoms with E-state index in [9.17, 15) is 19.8 Å². The molecule has 3 N–H and O–H groups in total. The lowest BCUT2D eigenvalue weighted by Crippen LogP contribution is -2.37. The van der Waals surface area contributed by atoms with Gasteiger partial charge in [0.1, 0.15) is 23.7 Å². The van der Waals surface area contributed by atoms with E-state index in [-0.39, 0.29) is 23.3 Å². The Labute approximate surface area is 241 Å². The van der Waals surface area contributed by atoms with E-state index in [0.29, 0.717) is 12.2 Å². The molecule has 41 heavy (non-hydrogen) atoms. The summed E-state index contributed by atoms with van der Waals surface area (Å²) in [6.45, 7) is 3.26. The summed E-state index contributed by atoms with van der Waals surface area (Å²) >= 11 is 0. The molecule has 2 aliphatic rings. The van der Waals surface area contributed by atoms with Gasteiger partial charge in [0.05, 0.1) is 17.0 Å². The fourth-order valence-corrected chi connectivity index (χ4v) is 4.52. The van der Waals surface area contributed by atoms with E-state index in [1.165, 1.54) is 13.2 Å². The van der Waals surface area contributed by atoms with E-state index in [1.54, 1.807) is 74.6 Å². The third-order valence-corrected chi connectivity index (χ3v) is 6.72. The molecule has 0 spiro atoms. The topological polar surface area (TPSA) is 105 Å². The van der Waals surface area contributed by atoms with Crippen LogP contribution in [0.25, 0.3) is 0 Å². The Morgan fingerprint density at radius 1 is 0.927 bits per heavy atom. The molecular weight excluding hydrogens is 518 g/mol. The Kier molecular flexibility index (Phi) is 11.6. The zero-order valence-corrected chi connectivity index (χ0v) is 23.5. The molecule has 4 unspecified atom stereocenters. The Hall–Kier alpha value is -4.46. The van der Waals surface area contributed by atoms with Gasteiger partial charge >= 0.3 is 5.97 Å². The molecule has 1 aliphatic carbocycles. The van der Waals surface area contributed by atoms with Gasteiger partial charge in [-0.15, -0.1) is 0 Å². The number of rotatable bonds is 2. The summed E-state index contributed by atoms with van der Waals surface area (Å²) in [6, 6.07) is 9.60. The number of carbonyl (C=O) groups is 2. The fraction of sp³-hybridized carbons (Fsp3) is 0.235. The van der Waals surface area contributed by atoms with Crippen molar-refractivity contribution in [2.75, 3.05) is 7.11 Å². The van der Waals surface area contributed by atoms with E-state index < -0.39 is 23.6 Å². The van der Waals surface area contributed by atoms with Gasteiger partial charge in [-0.1, -0.05) is 109 Å². The molecule has 214 valence electrons. The van der Waals surface area contributed by atoms with Gasteiger partial charge in [-0.05, 0) is 31.9 Å². The number of benzene rings is 1. The Bertz CT molecular complexity index is 1340. The van der Waals surface area contributed by atoms with Crippen LogP contribution in [0.2, 0.25) is 0 Å². The second-order valence-electron chi connectivity index (χ2n) is 9.70. The number of cyclic esters (lactones) is 1. The first-order chi connectivity index (χ1) is 19.8. The van der Waals surface area contributed by atoms with Gasteiger partial charge in [0.15, 0.2) is 0 Å². The number of amides is 1. The minimum atomic E-state index is -1.26. The molecular formula is C34H37NO6. The van der Waals surface area contributed by atoms with Crippen LogP contribution in [-0.2, 0) is 19.1 Å². The molecule has 0 saturated carbocycles. The molecule has 1 heterocycles. The first-order valence-electron chi connectivity index (χ1n) is 13.4. The van der Waals surface area contributed by atoms with E-state index in [4.69, 9.17) is 9.47 Å². The molecule has 0 bridgehead atoms. The zero-order chi connectivity index (χ0) is 29.7. The summed E-state index contributed by atoms with van der Waals surface area (Å²) in [5, 5.41) is 24.7. The number of hydrogen-bond donors (Lipinski definition) is 3. The molecule has 7 nitrogen and oxygen atoms in total. The fourth-order valence-electron chi connectivity index (χ4n) is 4.52. The second kappa shape index (κ2) is 15.4. The van der Waals surface area contributed by atoms with Gasteiger partial charge in [-0.2, -0.15) is 0 Å². The molecule has 7 heteroatoms. The summed E-state index contributed by atoms with van der Waals surface area (Å²) in [7, 11) is 1.35. The number of fused-ring (bicyclic) bond motifs is 1. The number of aliphatic hydroxyl groups is 2. The Balaban J connectivity index is 1.88. The third kappa shape index (κ3) is 8.51. The van der Waals surface area contributed by atoms with Crippen LogP contribution in [0.5, 0.6) is 0 Å². The molecule has 1 amide bonds. The number of esters is 1. The average molecular weight is 556 g/mol. The number of hydrogen-bond acceptors (Lipinski definition) is 6. The van der Waals surface area contributed by atoms with Crippen molar-refractivity contribution in [3.63, 3.8) is 0 Å². The second-order valence-corrected chi connectivity index (χ2v) is 9.70. The van der Waals surface area contributed by atoms with Gasteiger partial charge < -0.3 is 25.0 Å². The van der Waals surface area contributed by atoms with Crippen molar-refractivity contribution in [2.24, 2.45) is 5.41 Å². The number of ether oxygens (including phenoxy) is 2. The van der Waals surface area contributed by atoms with Gasteiger partial charge in [0, 0.05) is 13.2 Å². The van der Waals surface area contributed by atoms with Crippen molar-refractivity contribution in [1.29, 1.82) is 0 Å². The van der Waals surface area contributed by atoms with Crippen LogP contribution in [-0.4, -0.2) is 41.4 Å². The van der Waals surface area contributed by atoms with Crippen LogP contribution in [0, 0.1) is 5.41 Å². The normalized spacial score (nSPS) is 33.1. The maximum atomic E-state index is 13.1. The minimum absolute atomic E-state index is 0.0731. The van der Waals surface area contributed by atoms with Crippen LogP contribution in [0.1, 0.15) is 31.9 Å². The highest BCUT2D eigenvalue weighted by atomic mass is 16.5. The molecule has 0 fully saturated rings. The number of aliphatic hydroxyl groups excluding tert-OH is 2. The van der Waals surface area contributed by atoms with Gasteiger partial charge in [0.25, 0.3) is 0 Å². The van der Waals surface area contributed by atoms with Crippen LogP contribution < -0.4 is 5.32 Å². The summed E-state index contributed by atoms with van der Waals surface area (Å²) in [4.78, 5) is 25.7. The zero-order valence-electron chi connectivity index (χ0n) is 23.5. The van der Waals surface area contributed by atoms with Gasteiger partial charge in [0.2, 0.25) is 5.91 Å². The quantitative estimate of drug-likeness (QED) is 0.399. The highest BCUT2D eigenvalue weighted by molar-refractivity contribution is 5.93. The van der Waals surface area contributed by atoms with Crippen LogP contribution >= 0.6 is 0 Å². The summed E-state index contributed by atoms with van der Waals surface area (Å²) < 4.78 is 10.7. The molecule has 4 atom stereocenters. The third-order valence-electron chi connectivity index (χ3n) is 6.72. The van der Waals surface area contributed by atoms with Crippen LogP contribution in [0.3, 0.4) is 0 Å². The molecule has 0 radical (unpaired) electrons. The predicted octanol–water partition coefficient (Wildman–Crippen LogP) is 5.80. The van der Waals surface area contributed by atoms with Gasteiger partial charge in [-0.25, -0.2) is 4.79 Å².